The number of rotatable bonds is 6. The zero-order valence-electron chi connectivity index (χ0n) is 17.0. The molecule has 1 aliphatic carbocycles. The molecule has 3 heteroatoms. The minimum atomic E-state index is 0.382. The third kappa shape index (κ3) is 5.57. The third-order valence-electron chi connectivity index (χ3n) is 5.21. The molecule has 1 saturated carbocycles. The van der Waals surface area contributed by atoms with Gasteiger partial charge in [-0.15, -0.1) is 0 Å². The first-order chi connectivity index (χ1) is 13.3. The largest absolute Gasteiger partial charge is 0.490 e. The van der Waals surface area contributed by atoms with Crippen molar-refractivity contribution in [2.24, 2.45) is 0 Å². The molecular formula is C24H34N2O. The Morgan fingerprint density at radius 1 is 1.04 bits per heavy atom. The van der Waals surface area contributed by atoms with Gasteiger partial charge in [-0.05, 0) is 50.8 Å². The van der Waals surface area contributed by atoms with Gasteiger partial charge in [0.1, 0.15) is 5.75 Å². The molecule has 2 atom stereocenters. The lowest BCUT2D eigenvalue weighted by molar-refractivity contribution is 0.288. The predicted molar refractivity (Wildman–Crippen MR) is 113 cm³/mol. The molecule has 1 saturated heterocycles. The highest BCUT2D eigenvalue weighted by Crippen LogP contribution is 2.30. The number of hydrogen-bond acceptors (Lipinski definition) is 3. The Labute approximate surface area is 164 Å². The van der Waals surface area contributed by atoms with Gasteiger partial charge in [0.2, 0.25) is 0 Å². The highest BCUT2D eigenvalue weighted by atomic mass is 16.5. The van der Waals surface area contributed by atoms with Crippen LogP contribution in [-0.2, 0) is 6.54 Å². The number of piperidine rings is 1. The number of nitrogens with one attached hydrogen (secondary N) is 2. The van der Waals surface area contributed by atoms with Gasteiger partial charge in [-0.1, -0.05) is 61.9 Å². The third-order valence-corrected chi connectivity index (χ3v) is 5.21. The molecule has 2 N–H and O–H groups in total. The second kappa shape index (κ2) is 9.91. The van der Waals surface area contributed by atoms with Gasteiger partial charge in [0, 0.05) is 24.2 Å². The molecule has 1 aliphatic heterocycles. The Bertz CT molecular complexity index is 697. The summed E-state index contributed by atoms with van der Waals surface area (Å²) in [5, 5.41) is 7.50. The van der Waals surface area contributed by atoms with E-state index in [0.29, 0.717) is 18.2 Å². The van der Waals surface area contributed by atoms with Gasteiger partial charge in [0.25, 0.3) is 0 Å². The molecule has 1 heterocycles. The first kappa shape index (κ1) is 19.9. The number of ether oxygens (including phenoxy) is 1. The fourth-order valence-electron chi connectivity index (χ4n) is 3.69. The van der Waals surface area contributed by atoms with Gasteiger partial charge in [0.05, 0.1) is 6.10 Å². The van der Waals surface area contributed by atoms with Crippen molar-refractivity contribution in [2.75, 3.05) is 6.54 Å². The number of aryl methyl sites for hydroxylation is 1. The van der Waals surface area contributed by atoms with Crippen molar-refractivity contribution < 1.29 is 4.74 Å². The molecule has 2 aromatic rings. The summed E-state index contributed by atoms with van der Waals surface area (Å²) in [5.74, 6) is 1.06. The van der Waals surface area contributed by atoms with E-state index in [1.54, 1.807) is 0 Å². The quantitative estimate of drug-likeness (QED) is 0.742. The van der Waals surface area contributed by atoms with Crippen molar-refractivity contribution in [3.8, 4) is 5.75 Å². The average molecular weight is 367 g/mol. The van der Waals surface area contributed by atoms with E-state index in [4.69, 9.17) is 4.74 Å². The van der Waals surface area contributed by atoms with Crippen molar-refractivity contribution >= 4 is 0 Å². The summed E-state index contributed by atoms with van der Waals surface area (Å²) in [5.41, 5.74) is 3.95. The molecule has 2 aromatic carbocycles. The first-order valence-electron chi connectivity index (χ1n) is 10.6. The zero-order valence-corrected chi connectivity index (χ0v) is 17.0. The summed E-state index contributed by atoms with van der Waals surface area (Å²) >= 11 is 0. The molecule has 0 radical (unpaired) electrons. The molecule has 0 bridgehead atoms. The Kier molecular flexibility index (Phi) is 7.31. The molecule has 3 nitrogen and oxygen atoms in total. The van der Waals surface area contributed by atoms with E-state index in [1.165, 1.54) is 42.4 Å². The van der Waals surface area contributed by atoms with Crippen LogP contribution >= 0.6 is 0 Å². The van der Waals surface area contributed by atoms with Crippen molar-refractivity contribution in [2.45, 2.75) is 71.2 Å². The van der Waals surface area contributed by atoms with Gasteiger partial charge >= 0.3 is 0 Å². The van der Waals surface area contributed by atoms with E-state index < -0.39 is 0 Å². The Morgan fingerprint density at radius 2 is 1.81 bits per heavy atom. The van der Waals surface area contributed by atoms with Crippen molar-refractivity contribution in [3.63, 3.8) is 0 Å². The molecule has 0 spiro atoms. The Balaban J connectivity index is 0.00000102. The van der Waals surface area contributed by atoms with Crippen LogP contribution in [0, 0.1) is 6.92 Å². The summed E-state index contributed by atoms with van der Waals surface area (Å²) in [6, 6.07) is 18.2. The molecule has 2 unspecified atom stereocenters. The van der Waals surface area contributed by atoms with Crippen LogP contribution in [-0.4, -0.2) is 18.7 Å². The smallest absolute Gasteiger partial charge is 0.124 e. The van der Waals surface area contributed by atoms with Crippen LogP contribution in [0.25, 0.3) is 0 Å². The topological polar surface area (TPSA) is 33.3 Å². The van der Waals surface area contributed by atoms with Crippen LogP contribution in [0.1, 0.15) is 62.3 Å². The fraction of sp³-hybridized carbons (Fsp3) is 0.500. The lowest BCUT2D eigenvalue weighted by atomic mass is 9.92. The molecular weight excluding hydrogens is 332 g/mol. The minimum Gasteiger partial charge on any atom is -0.490 e. The van der Waals surface area contributed by atoms with E-state index in [-0.39, 0.29) is 0 Å². The van der Waals surface area contributed by atoms with Crippen LogP contribution in [0.3, 0.4) is 0 Å². The van der Waals surface area contributed by atoms with Gasteiger partial charge in [0.15, 0.2) is 0 Å². The van der Waals surface area contributed by atoms with Crippen LogP contribution in [0.4, 0.5) is 0 Å². The SMILES string of the molecule is CC.Cc1ccc(OC2CC2)c(CNC2CCCNC2c2ccccc2)c1. The summed E-state index contributed by atoms with van der Waals surface area (Å²) < 4.78 is 6.11. The molecule has 27 heavy (non-hydrogen) atoms. The summed E-state index contributed by atoms with van der Waals surface area (Å²) in [4.78, 5) is 0. The van der Waals surface area contributed by atoms with E-state index in [1.807, 2.05) is 13.8 Å². The Morgan fingerprint density at radius 3 is 2.56 bits per heavy atom. The predicted octanol–water partition coefficient (Wildman–Crippen LogP) is 5.15. The second-order valence-electron chi connectivity index (χ2n) is 7.40. The maximum absolute atomic E-state index is 6.11. The lowest BCUT2D eigenvalue weighted by Gasteiger charge is -2.34. The molecule has 4 rings (SSSR count). The van der Waals surface area contributed by atoms with Crippen LogP contribution in [0.15, 0.2) is 48.5 Å². The molecule has 146 valence electrons. The van der Waals surface area contributed by atoms with E-state index in [0.717, 1.165) is 18.8 Å². The standard InChI is InChI=1S/C22H28N2O.C2H6/c1-16-9-12-21(25-19-10-11-19)18(14-16)15-24-20-8-5-13-23-22(20)17-6-3-2-4-7-17;1-2/h2-4,6-7,9,12,14,19-20,22-24H,5,8,10-11,13,15H2,1H3;1-2H3. The van der Waals surface area contributed by atoms with Gasteiger partial charge in [-0.2, -0.15) is 0 Å². The molecule has 2 aliphatic rings. The first-order valence-corrected chi connectivity index (χ1v) is 10.6. The van der Waals surface area contributed by atoms with Crippen molar-refractivity contribution in [3.05, 3.63) is 65.2 Å². The molecule has 0 amide bonds. The summed E-state index contributed by atoms with van der Waals surface area (Å²) in [6.45, 7) is 8.11. The fourth-order valence-corrected chi connectivity index (χ4v) is 3.69. The van der Waals surface area contributed by atoms with E-state index >= 15 is 0 Å². The molecule has 2 fully saturated rings. The monoisotopic (exact) mass is 366 g/mol. The van der Waals surface area contributed by atoms with Crippen LogP contribution in [0.2, 0.25) is 0 Å². The number of benzene rings is 2. The Hall–Kier alpha value is -1.84. The maximum Gasteiger partial charge on any atom is 0.124 e. The zero-order chi connectivity index (χ0) is 19.1. The summed E-state index contributed by atoms with van der Waals surface area (Å²) in [6.07, 6.45) is 5.26. The normalized spacial score (nSPS) is 21.9. The van der Waals surface area contributed by atoms with Crippen LogP contribution < -0.4 is 15.4 Å². The van der Waals surface area contributed by atoms with Gasteiger partial charge in [-0.3, -0.25) is 0 Å². The lowest BCUT2D eigenvalue weighted by Crippen LogP contribution is -2.45. The van der Waals surface area contributed by atoms with E-state index in [9.17, 15) is 0 Å². The van der Waals surface area contributed by atoms with Gasteiger partial charge in [-0.25, -0.2) is 0 Å². The van der Waals surface area contributed by atoms with Crippen LogP contribution in [0.5, 0.6) is 5.75 Å². The highest BCUT2D eigenvalue weighted by Gasteiger charge is 2.27. The molecule has 0 aromatic heterocycles. The second-order valence-corrected chi connectivity index (χ2v) is 7.40. The van der Waals surface area contributed by atoms with Crippen molar-refractivity contribution in [1.82, 2.24) is 10.6 Å². The average Bonchev–Trinajstić information content (AvgIpc) is 3.55. The minimum absolute atomic E-state index is 0.382. The maximum atomic E-state index is 6.11. The summed E-state index contributed by atoms with van der Waals surface area (Å²) in [7, 11) is 0. The van der Waals surface area contributed by atoms with Crippen molar-refractivity contribution in [1.29, 1.82) is 0 Å². The number of hydrogen-bond donors (Lipinski definition) is 2. The highest BCUT2D eigenvalue weighted by molar-refractivity contribution is 5.37. The van der Waals surface area contributed by atoms with Gasteiger partial charge < -0.3 is 15.4 Å². The van der Waals surface area contributed by atoms with E-state index in [2.05, 4.69) is 66.1 Å².